The van der Waals surface area contributed by atoms with Gasteiger partial charge in [-0.15, -0.1) is 0 Å². The highest BCUT2D eigenvalue weighted by molar-refractivity contribution is 6.04. The summed E-state index contributed by atoms with van der Waals surface area (Å²) in [6, 6.07) is 15.0. The van der Waals surface area contributed by atoms with Crippen LogP contribution in [0.25, 0.3) is 0 Å². The molecule has 2 aromatic rings. The number of carbonyl (C=O) groups is 1. The Labute approximate surface area is 132 Å². The van der Waals surface area contributed by atoms with Gasteiger partial charge in [-0.05, 0) is 55.7 Å². The molecule has 0 fully saturated rings. The van der Waals surface area contributed by atoms with Gasteiger partial charge in [-0.2, -0.15) is 0 Å². The van der Waals surface area contributed by atoms with Gasteiger partial charge in [0.25, 0.3) is 5.91 Å². The standard InChI is InChI=1S/C19H23NO2/c1-14(2)11-12-22-18-9-7-17(8-10-18)20-19(21)16-6-4-5-15(3)13-16/h4-10,13-14H,11-12H2,1-3H3,(H,20,21). The van der Waals surface area contributed by atoms with E-state index in [0.29, 0.717) is 18.1 Å². The monoisotopic (exact) mass is 297 g/mol. The van der Waals surface area contributed by atoms with Crippen LogP contribution in [0.5, 0.6) is 5.75 Å². The summed E-state index contributed by atoms with van der Waals surface area (Å²) >= 11 is 0. The topological polar surface area (TPSA) is 38.3 Å². The van der Waals surface area contributed by atoms with E-state index >= 15 is 0 Å². The van der Waals surface area contributed by atoms with Crippen LogP contribution < -0.4 is 10.1 Å². The minimum atomic E-state index is -0.0998. The number of carbonyl (C=O) groups excluding carboxylic acids is 1. The Balaban J connectivity index is 1.92. The second-order valence-electron chi connectivity index (χ2n) is 5.88. The van der Waals surface area contributed by atoms with Gasteiger partial charge in [-0.1, -0.05) is 31.5 Å². The van der Waals surface area contributed by atoms with Crippen LogP contribution in [-0.4, -0.2) is 12.5 Å². The molecule has 0 atom stereocenters. The first-order valence-corrected chi connectivity index (χ1v) is 7.65. The van der Waals surface area contributed by atoms with E-state index in [2.05, 4.69) is 19.2 Å². The van der Waals surface area contributed by atoms with Crippen molar-refractivity contribution in [1.82, 2.24) is 0 Å². The number of rotatable bonds is 6. The normalized spacial score (nSPS) is 10.5. The van der Waals surface area contributed by atoms with Gasteiger partial charge in [0.05, 0.1) is 6.61 Å². The van der Waals surface area contributed by atoms with E-state index in [1.54, 1.807) is 0 Å². The third kappa shape index (κ3) is 4.92. The molecule has 3 heteroatoms. The minimum absolute atomic E-state index is 0.0998. The molecule has 2 rings (SSSR count). The summed E-state index contributed by atoms with van der Waals surface area (Å²) in [4.78, 5) is 12.2. The highest BCUT2D eigenvalue weighted by Crippen LogP contribution is 2.17. The first kappa shape index (κ1) is 16.1. The molecule has 1 amide bonds. The maximum Gasteiger partial charge on any atom is 0.255 e. The van der Waals surface area contributed by atoms with Gasteiger partial charge in [-0.3, -0.25) is 4.79 Å². The van der Waals surface area contributed by atoms with Crippen LogP contribution in [0.15, 0.2) is 48.5 Å². The summed E-state index contributed by atoms with van der Waals surface area (Å²) in [5.74, 6) is 1.36. The van der Waals surface area contributed by atoms with Crippen molar-refractivity contribution in [3.05, 3.63) is 59.7 Å². The van der Waals surface area contributed by atoms with Crippen molar-refractivity contribution in [3.8, 4) is 5.75 Å². The molecule has 1 N–H and O–H groups in total. The number of amides is 1. The molecule has 0 unspecified atom stereocenters. The van der Waals surface area contributed by atoms with Gasteiger partial charge in [-0.25, -0.2) is 0 Å². The van der Waals surface area contributed by atoms with Crippen LogP contribution in [-0.2, 0) is 0 Å². The predicted octanol–water partition coefficient (Wildman–Crippen LogP) is 4.67. The number of hydrogen-bond donors (Lipinski definition) is 1. The van der Waals surface area contributed by atoms with E-state index in [9.17, 15) is 4.79 Å². The number of ether oxygens (including phenoxy) is 1. The fourth-order valence-corrected chi connectivity index (χ4v) is 2.04. The van der Waals surface area contributed by atoms with Gasteiger partial charge in [0.15, 0.2) is 0 Å². The molecule has 22 heavy (non-hydrogen) atoms. The molecule has 0 bridgehead atoms. The van der Waals surface area contributed by atoms with E-state index in [-0.39, 0.29) is 5.91 Å². The highest BCUT2D eigenvalue weighted by Gasteiger charge is 2.06. The van der Waals surface area contributed by atoms with Gasteiger partial charge in [0, 0.05) is 11.3 Å². The van der Waals surface area contributed by atoms with E-state index in [0.717, 1.165) is 23.4 Å². The molecule has 0 aromatic heterocycles. The van der Waals surface area contributed by atoms with Gasteiger partial charge in [0.1, 0.15) is 5.75 Å². The van der Waals surface area contributed by atoms with E-state index in [1.165, 1.54) is 0 Å². The van der Waals surface area contributed by atoms with E-state index in [4.69, 9.17) is 4.74 Å². The maximum atomic E-state index is 12.2. The fourth-order valence-electron chi connectivity index (χ4n) is 2.04. The SMILES string of the molecule is Cc1cccc(C(=O)Nc2ccc(OCCC(C)C)cc2)c1. The Kier molecular flexibility index (Phi) is 5.59. The summed E-state index contributed by atoms with van der Waals surface area (Å²) < 4.78 is 5.66. The quantitative estimate of drug-likeness (QED) is 0.841. The molecule has 3 nitrogen and oxygen atoms in total. The smallest absolute Gasteiger partial charge is 0.255 e. The molecule has 2 aromatic carbocycles. The lowest BCUT2D eigenvalue weighted by Gasteiger charge is -2.09. The molecule has 0 aliphatic carbocycles. The van der Waals surface area contributed by atoms with Crippen LogP contribution in [0.4, 0.5) is 5.69 Å². The van der Waals surface area contributed by atoms with Crippen LogP contribution >= 0.6 is 0 Å². The largest absolute Gasteiger partial charge is 0.494 e. The molecule has 0 radical (unpaired) electrons. The zero-order valence-electron chi connectivity index (χ0n) is 13.4. The lowest BCUT2D eigenvalue weighted by Crippen LogP contribution is -2.11. The molecule has 0 aliphatic heterocycles. The summed E-state index contributed by atoms with van der Waals surface area (Å²) in [7, 11) is 0. The van der Waals surface area contributed by atoms with E-state index < -0.39 is 0 Å². The summed E-state index contributed by atoms with van der Waals surface area (Å²) in [6.07, 6.45) is 1.03. The maximum absolute atomic E-state index is 12.2. The van der Waals surface area contributed by atoms with Crippen molar-refractivity contribution in [1.29, 1.82) is 0 Å². The van der Waals surface area contributed by atoms with Crippen molar-refractivity contribution in [2.75, 3.05) is 11.9 Å². The number of benzene rings is 2. The Morgan fingerprint density at radius 2 is 1.86 bits per heavy atom. The summed E-state index contributed by atoms with van der Waals surface area (Å²) in [5.41, 5.74) is 2.50. The average Bonchev–Trinajstić information content (AvgIpc) is 2.48. The van der Waals surface area contributed by atoms with Gasteiger partial charge >= 0.3 is 0 Å². The molecule has 0 saturated carbocycles. The zero-order valence-corrected chi connectivity index (χ0v) is 13.4. The van der Waals surface area contributed by atoms with Crippen molar-refractivity contribution in [2.45, 2.75) is 27.2 Å². The Morgan fingerprint density at radius 1 is 1.14 bits per heavy atom. The minimum Gasteiger partial charge on any atom is -0.494 e. The number of aryl methyl sites for hydroxylation is 1. The summed E-state index contributed by atoms with van der Waals surface area (Å²) in [6.45, 7) is 7.04. The zero-order chi connectivity index (χ0) is 15.9. The Hall–Kier alpha value is -2.29. The number of anilines is 1. The highest BCUT2D eigenvalue weighted by atomic mass is 16.5. The molecule has 0 saturated heterocycles. The lowest BCUT2D eigenvalue weighted by atomic mass is 10.1. The molecule has 116 valence electrons. The number of nitrogens with one attached hydrogen (secondary N) is 1. The van der Waals surface area contributed by atoms with Crippen molar-refractivity contribution >= 4 is 11.6 Å². The average molecular weight is 297 g/mol. The first-order valence-electron chi connectivity index (χ1n) is 7.65. The summed E-state index contributed by atoms with van der Waals surface area (Å²) in [5, 5.41) is 2.89. The van der Waals surface area contributed by atoms with Crippen LogP contribution in [0.2, 0.25) is 0 Å². The Morgan fingerprint density at radius 3 is 2.50 bits per heavy atom. The van der Waals surface area contributed by atoms with Crippen molar-refractivity contribution in [3.63, 3.8) is 0 Å². The second kappa shape index (κ2) is 7.64. The number of hydrogen-bond acceptors (Lipinski definition) is 2. The first-order chi connectivity index (χ1) is 10.5. The molecule has 0 heterocycles. The van der Waals surface area contributed by atoms with Crippen LogP contribution in [0.3, 0.4) is 0 Å². The van der Waals surface area contributed by atoms with Gasteiger partial charge < -0.3 is 10.1 Å². The second-order valence-corrected chi connectivity index (χ2v) is 5.88. The third-order valence-corrected chi connectivity index (χ3v) is 3.36. The van der Waals surface area contributed by atoms with Gasteiger partial charge in [0.2, 0.25) is 0 Å². The van der Waals surface area contributed by atoms with Crippen molar-refractivity contribution in [2.24, 2.45) is 5.92 Å². The third-order valence-electron chi connectivity index (χ3n) is 3.36. The lowest BCUT2D eigenvalue weighted by molar-refractivity contribution is 0.102. The molecular weight excluding hydrogens is 274 g/mol. The van der Waals surface area contributed by atoms with Crippen LogP contribution in [0.1, 0.15) is 36.2 Å². The Bertz CT molecular complexity index is 618. The molecular formula is C19H23NO2. The fraction of sp³-hybridized carbons (Fsp3) is 0.316. The predicted molar refractivity (Wildman–Crippen MR) is 90.5 cm³/mol. The molecule has 0 spiro atoms. The van der Waals surface area contributed by atoms with Crippen molar-refractivity contribution < 1.29 is 9.53 Å². The molecule has 0 aliphatic rings. The van der Waals surface area contributed by atoms with E-state index in [1.807, 2.05) is 55.5 Å². The van der Waals surface area contributed by atoms with Crippen LogP contribution in [0, 0.1) is 12.8 Å².